The van der Waals surface area contributed by atoms with E-state index in [2.05, 4.69) is 39.5 Å². The number of carbonyl (C=O) groups is 1. The van der Waals surface area contributed by atoms with Gasteiger partial charge in [0.1, 0.15) is 0 Å². The number of guanidine groups is 1. The number of hydrogen-bond donors (Lipinski definition) is 2. The highest BCUT2D eigenvalue weighted by atomic mass is 127. The van der Waals surface area contributed by atoms with Gasteiger partial charge in [0.15, 0.2) is 5.96 Å². The molecule has 1 unspecified atom stereocenters. The molecule has 1 saturated heterocycles. The molecule has 1 atom stereocenters. The molecule has 1 amide bonds. The number of nitrogens with one attached hydrogen (secondary N) is 2. The Labute approximate surface area is 195 Å². The van der Waals surface area contributed by atoms with Crippen molar-refractivity contribution >= 4 is 35.8 Å². The number of likely N-dealkylation sites (tertiary alicyclic amines) is 1. The van der Waals surface area contributed by atoms with E-state index in [1.807, 2.05) is 7.05 Å². The summed E-state index contributed by atoms with van der Waals surface area (Å²) in [7, 11) is 6.10. The first-order chi connectivity index (χ1) is 13.6. The van der Waals surface area contributed by atoms with Crippen LogP contribution in [0.3, 0.4) is 0 Å². The van der Waals surface area contributed by atoms with Crippen LogP contribution < -0.4 is 10.6 Å². The molecule has 7 heteroatoms. The lowest BCUT2D eigenvalue weighted by Gasteiger charge is -2.26. The van der Waals surface area contributed by atoms with Crippen molar-refractivity contribution in [1.82, 2.24) is 20.4 Å². The van der Waals surface area contributed by atoms with Gasteiger partial charge in [-0.1, -0.05) is 38.5 Å². The maximum atomic E-state index is 12.7. The van der Waals surface area contributed by atoms with Crippen LogP contribution in [0.15, 0.2) is 4.99 Å². The van der Waals surface area contributed by atoms with Gasteiger partial charge in [-0.15, -0.1) is 24.0 Å². The first-order valence-corrected chi connectivity index (χ1v) is 11.5. The SMILES string of the molecule is CN=C(NCCCCCCCN(C)C)NC1CCN(C(=O)C2CCCCC2)C1.I. The number of unbranched alkanes of at least 4 members (excludes halogenated alkanes) is 4. The average molecular weight is 522 g/mol. The molecular weight excluding hydrogens is 477 g/mol. The summed E-state index contributed by atoms with van der Waals surface area (Å²) in [4.78, 5) is 21.4. The summed E-state index contributed by atoms with van der Waals surface area (Å²) in [5.74, 6) is 1.55. The van der Waals surface area contributed by atoms with E-state index in [1.54, 1.807) is 0 Å². The zero-order valence-corrected chi connectivity index (χ0v) is 21.2. The summed E-state index contributed by atoms with van der Waals surface area (Å²) < 4.78 is 0. The van der Waals surface area contributed by atoms with Crippen LogP contribution in [0.25, 0.3) is 0 Å². The number of nitrogens with zero attached hydrogens (tertiary/aromatic N) is 3. The molecule has 6 nitrogen and oxygen atoms in total. The van der Waals surface area contributed by atoms with Crippen LogP contribution in [-0.4, -0.2) is 75.0 Å². The smallest absolute Gasteiger partial charge is 0.225 e. The molecule has 0 aromatic rings. The molecule has 1 saturated carbocycles. The monoisotopic (exact) mass is 521 g/mol. The fourth-order valence-electron chi connectivity index (χ4n) is 4.36. The van der Waals surface area contributed by atoms with Crippen molar-refractivity contribution in [3.8, 4) is 0 Å². The topological polar surface area (TPSA) is 60.0 Å². The summed E-state index contributed by atoms with van der Waals surface area (Å²) in [6.45, 7) is 3.86. The van der Waals surface area contributed by atoms with Gasteiger partial charge in [0, 0.05) is 38.6 Å². The van der Waals surface area contributed by atoms with E-state index in [0.29, 0.717) is 11.9 Å². The van der Waals surface area contributed by atoms with Crippen molar-refractivity contribution in [1.29, 1.82) is 0 Å². The average Bonchev–Trinajstić information content (AvgIpc) is 3.17. The molecular formula is C22H44IN5O. The van der Waals surface area contributed by atoms with Gasteiger partial charge in [-0.2, -0.15) is 0 Å². The van der Waals surface area contributed by atoms with E-state index >= 15 is 0 Å². The number of aliphatic imine (C=N–C) groups is 1. The summed E-state index contributed by atoms with van der Waals surface area (Å²) in [6.07, 6.45) is 13.3. The molecule has 1 aliphatic carbocycles. The van der Waals surface area contributed by atoms with Gasteiger partial charge in [0.25, 0.3) is 0 Å². The second-order valence-corrected chi connectivity index (χ2v) is 8.82. The first-order valence-electron chi connectivity index (χ1n) is 11.5. The summed E-state index contributed by atoms with van der Waals surface area (Å²) in [5, 5.41) is 6.96. The molecule has 1 heterocycles. The van der Waals surface area contributed by atoms with E-state index in [4.69, 9.17) is 0 Å². The molecule has 29 heavy (non-hydrogen) atoms. The molecule has 0 radical (unpaired) electrons. The lowest BCUT2D eigenvalue weighted by atomic mass is 9.88. The number of rotatable bonds is 10. The van der Waals surface area contributed by atoms with Crippen LogP contribution >= 0.6 is 24.0 Å². The molecule has 0 bridgehead atoms. The summed E-state index contributed by atoms with van der Waals surface area (Å²) in [5.41, 5.74) is 0. The van der Waals surface area contributed by atoms with Crippen molar-refractivity contribution in [2.24, 2.45) is 10.9 Å². The first kappa shape index (κ1) is 26.5. The lowest BCUT2D eigenvalue weighted by molar-refractivity contribution is -0.135. The molecule has 2 N–H and O–H groups in total. The number of halogens is 1. The second-order valence-electron chi connectivity index (χ2n) is 8.82. The van der Waals surface area contributed by atoms with Crippen molar-refractivity contribution in [3.05, 3.63) is 0 Å². The standard InChI is InChI=1S/C22H43N5O.HI/c1-23-22(24-15-10-5-4-6-11-16-26(2)3)25-20-14-17-27(18-20)21(28)19-12-8-7-9-13-19;/h19-20H,4-18H2,1-3H3,(H2,23,24,25);1H. The third-order valence-corrected chi connectivity index (χ3v) is 6.09. The highest BCUT2D eigenvalue weighted by Gasteiger charge is 2.31. The normalized spacial score (nSPS) is 20.6. The van der Waals surface area contributed by atoms with Crippen molar-refractivity contribution < 1.29 is 4.79 Å². The van der Waals surface area contributed by atoms with Crippen LogP contribution in [0.4, 0.5) is 0 Å². The maximum Gasteiger partial charge on any atom is 0.225 e. The Kier molecular flexibility index (Phi) is 13.9. The molecule has 2 aliphatic rings. The minimum absolute atomic E-state index is 0. The van der Waals surface area contributed by atoms with Gasteiger partial charge in [-0.05, 0) is 52.7 Å². The van der Waals surface area contributed by atoms with Crippen LogP contribution in [0.5, 0.6) is 0 Å². The van der Waals surface area contributed by atoms with E-state index in [9.17, 15) is 4.79 Å². The Hall–Kier alpha value is -0.570. The Morgan fingerprint density at radius 1 is 1.03 bits per heavy atom. The summed E-state index contributed by atoms with van der Waals surface area (Å²) >= 11 is 0. The van der Waals surface area contributed by atoms with Gasteiger partial charge in [-0.3, -0.25) is 9.79 Å². The second kappa shape index (κ2) is 15.3. The fourth-order valence-corrected chi connectivity index (χ4v) is 4.36. The highest BCUT2D eigenvalue weighted by molar-refractivity contribution is 14.0. The largest absolute Gasteiger partial charge is 0.356 e. The lowest BCUT2D eigenvalue weighted by Crippen LogP contribution is -2.45. The molecule has 0 spiro atoms. The van der Waals surface area contributed by atoms with Crippen LogP contribution in [0, 0.1) is 5.92 Å². The highest BCUT2D eigenvalue weighted by Crippen LogP contribution is 2.26. The number of amides is 1. The Morgan fingerprint density at radius 3 is 2.41 bits per heavy atom. The van der Waals surface area contributed by atoms with Crippen LogP contribution in [0.1, 0.15) is 70.6 Å². The van der Waals surface area contributed by atoms with Crippen molar-refractivity contribution in [2.45, 2.75) is 76.7 Å². The van der Waals surface area contributed by atoms with Crippen molar-refractivity contribution in [2.75, 3.05) is 47.3 Å². The van der Waals surface area contributed by atoms with E-state index in [-0.39, 0.29) is 29.9 Å². The quantitative estimate of drug-likeness (QED) is 0.200. The molecule has 0 aromatic heterocycles. The zero-order valence-electron chi connectivity index (χ0n) is 18.9. The van der Waals surface area contributed by atoms with E-state index in [1.165, 1.54) is 57.9 Å². The Balaban J connectivity index is 0.00000420. The third kappa shape index (κ3) is 10.3. The van der Waals surface area contributed by atoms with Crippen molar-refractivity contribution in [3.63, 3.8) is 0 Å². The molecule has 2 fully saturated rings. The van der Waals surface area contributed by atoms with Crippen LogP contribution in [0.2, 0.25) is 0 Å². The molecule has 2 rings (SSSR count). The van der Waals surface area contributed by atoms with Gasteiger partial charge in [0.2, 0.25) is 5.91 Å². The summed E-state index contributed by atoms with van der Waals surface area (Å²) in [6, 6.07) is 0.324. The van der Waals surface area contributed by atoms with Gasteiger partial charge in [0.05, 0.1) is 0 Å². The molecule has 1 aliphatic heterocycles. The predicted octanol–water partition coefficient (Wildman–Crippen LogP) is 3.46. The van der Waals surface area contributed by atoms with Gasteiger partial charge < -0.3 is 20.4 Å². The number of hydrogen-bond acceptors (Lipinski definition) is 3. The maximum absolute atomic E-state index is 12.7. The third-order valence-electron chi connectivity index (χ3n) is 6.09. The minimum atomic E-state index is 0. The van der Waals surface area contributed by atoms with Gasteiger partial charge in [-0.25, -0.2) is 0 Å². The molecule has 170 valence electrons. The zero-order chi connectivity index (χ0) is 20.2. The molecule has 0 aromatic carbocycles. The predicted molar refractivity (Wildman–Crippen MR) is 133 cm³/mol. The fraction of sp³-hybridized carbons (Fsp3) is 0.909. The number of carbonyl (C=O) groups excluding carboxylic acids is 1. The van der Waals surface area contributed by atoms with Crippen LogP contribution in [-0.2, 0) is 4.79 Å². The Bertz CT molecular complexity index is 480. The minimum Gasteiger partial charge on any atom is -0.356 e. The van der Waals surface area contributed by atoms with E-state index in [0.717, 1.165) is 44.9 Å². The van der Waals surface area contributed by atoms with E-state index < -0.39 is 0 Å². The Morgan fingerprint density at radius 2 is 1.72 bits per heavy atom. The van der Waals surface area contributed by atoms with Gasteiger partial charge >= 0.3 is 0 Å².